The summed E-state index contributed by atoms with van der Waals surface area (Å²) in [6.45, 7) is 7.65. The van der Waals surface area contributed by atoms with Gasteiger partial charge in [0, 0.05) is 19.4 Å². The quantitative estimate of drug-likeness (QED) is 0.0346. The van der Waals surface area contributed by atoms with E-state index in [9.17, 15) is 9.59 Å². The lowest BCUT2D eigenvalue weighted by atomic mass is 10.1. The number of allylic oxidation sites excluding steroid dienone is 14. The largest absolute Gasteiger partial charge is 0.462 e. The number of unbranched alkanes of at least 4 members (excludes halogenated alkanes) is 26. The third kappa shape index (κ3) is 53.7. The van der Waals surface area contributed by atoms with Crippen molar-refractivity contribution in [3.63, 3.8) is 0 Å². The van der Waals surface area contributed by atoms with Crippen LogP contribution < -0.4 is 0 Å². The van der Waals surface area contributed by atoms with Gasteiger partial charge in [-0.1, -0.05) is 221 Å². The molecule has 5 nitrogen and oxygen atoms in total. The van der Waals surface area contributed by atoms with Gasteiger partial charge in [-0.3, -0.25) is 9.59 Å². The molecule has 0 amide bonds. The Morgan fingerprint density at radius 3 is 1.15 bits per heavy atom. The first kappa shape index (κ1) is 63.1. The smallest absolute Gasteiger partial charge is 0.306 e. The molecule has 0 heterocycles. The molecule has 0 spiro atoms. The van der Waals surface area contributed by atoms with Gasteiger partial charge < -0.3 is 14.2 Å². The summed E-state index contributed by atoms with van der Waals surface area (Å²) < 4.78 is 17.4. The van der Waals surface area contributed by atoms with Crippen molar-refractivity contribution in [3.8, 4) is 0 Å². The zero-order valence-electron chi connectivity index (χ0n) is 43.7. The second-order valence-electron chi connectivity index (χ2n) is 18.4. The van der Waals surface area contributed by atoms with Crippen molar-refractivity contribution < 1.29 is 23.8 Å². The number of carbonyl (C=O) groups is 2. The van der Waals surface area contributed by atoms with E-state index in [0.717, 1.165) is 96.3 Å². The fourth-order valence-electron chi connectivity index (χ4n) is 7.70. The van der Waals surface area contributed by atoms with Gasteiger partial charge in [0.1, 0.15) is 6.61 Å². The molecule has 0 aromatic rings. The van der Waals surface area contributed by atoms with Crippen molar-refractivity contribution >= 4 is 11.9 Å². The predicted molar refractivity (Wildman–Crippen MR) is 288 cm³/mol. The summed E-state index contributed by atoms with van der Waals surface area (Å²) in [6.07, 6.45) is 74.6. The lowest BCUT2D eigenvalue weighted by molar-refractivity contribution is -0.163. The molecule has 0 fully saturated rings. The van der Waals surface area contributed by atoms with Gasteiger partial charge in [0.2, 0.25) is 0 Å². The Morgan fingerprint density at radius 2 is 0.682 bits per heavy atom. The maximum atomic E-state index is 12.8. The second kappa shape index (κ2) is 56.4. The minimum atomic E-state index is -0.562. The number of hydrogen-bond donors (Lipinski definition) is 0. The maximum Gasteiger partial charge on any atom is 0.306 e. The molecule has 0 aliphatic carbocycles. The van der Waals surface area contributed by atoms with Gasteiger partial charge in [0.15, 0.2) is 6.10 Å². The van der Waals surface area contributed by atoms with E-state index < -0.39 is 6.10 Å². The van der Waals surface area contributed by atoms with Gasteiger partial charge in [0.05, 0.1) is 6.61 Å². The Balaban J connectivity index is 4.31. The fourth-order valence-corrected chi connectivity index (χ4v) is 7.70. The lowest BCUT2D eigenvalue weighted by Gasteiger charge is -2.18. The van der Waals surface area contributed by atoms with Crippen LogP contribution in [-0.4, -0.2) is 37.9 Å². The number of hydrogen-bond acceptors (Lipinski definition) is 5. The van der Waals surface area contributed by atoms with E-state index in [4.69, 9.17) is 14.2 Å². The molecule has 0 aliphatic heterocycles. The molecular formula is C61H106O5. The molecule has 1 atom stereocenters. The minimum Gasteiger partial charge on any atom is -0.462 e. The van der Waals surface area contributed by atoms with Crippen molar-refractivity contribution in [1.29, 1.82) is 0 Å². The number of carbonyl (C=O) groups excluding carboxylic acids is 2. The van der Waals surface area contributed by atoms with Gasteiger partial charge in [-0.25, -0.2) is 0 Å². The first-order valence-electron chi connectivity index (χ1n) is 28.1. The normalized spacial score (nSPS) is 12.8. The number of esters is 2. The van der Waals surface area contributed by atoms with Crippen molar-refractivity contribution in [1.82, 2.24) is 0 Å². The average Bonchev–Trinajstić information content (AvgIpc) is 3.32. The fraction of sp³-hybridized carbons (Fsp3) is 0.738. The number of ether oxygens (including phenoxy) is 3. The van der Waals surface area contributed by atoms with Gasteiger partial charge >= 0.3 is 11.9 Å². The molecule has 0 rings (SSSR count). The Labute approximate surface area is 409 Å². The predicted octanol–water partition coefficient (Wildman–Crippen LogP) is 19.2. The van der Waals surface area contributed by atoms with Crippen molar-refractivity contribution in [2.24, 2.45) is 0 Å². The van der Waals surface area contributed by atoms with Gasteiger partial charge in [-0.2, -0.15) is 0 Å². The van der Waals surface area contributed by atoms with Crippen LogP contribution in [0.1, 0.15) is 265 Å². The Bertz CT molecular complexity index is 1220. The summed E-state index contributed by atoms with van der Waals surface area (Å²) >= 11 is 0. The maximum absolute atomic E-state index is 12.8. The van der Waals surface area contributed by atoms with Gasteiger partial charge in [-0.15, -0.1) is 0 Å². The molecule has 66 heavy (non-hydrogen) atoms. The Hall–Kier alpha value is -2.92. The second-order valence-corrected chi connectivity index (χ2v) is 18.4. The molecule has 380 valence electrons. The van der Waals surface area contributed by atoms with Crippen LogP contribution in [0.5, 0.6) is 0 Å². The van der Waals surface area contributed by atoms with Crippen LogP contribution in [0, 0.1) is 0 Å². The molecule has 0 aromatic heterocycles. The summed E-state index contributed by atoms with van der Waals surface area (Å²) in [5.74, 6) is -0.444. The van der Waals surface area contributed by atoms with E-state index in [1.807, 2.05) is 0 Å². The third-order valence-electron chi connectivity index (χ3n) is 11.9. The van der Waals surface area contributed by atoms with E-state index in [-0.39, 0.29) is 25.2 Å². The lowest BCUT2D eigenvalue weighted by Crippen LogP contribution is -2.30. The van der Waals surface area contributed by atoms with E-state index in [2.05, 4.69) is 106 Å². The highest BCUT2D eigenvalue weighted by Crippen LogP contribution is 2.14. The highest BCUT2D eigenvalue weighted by atomic mass is 16.6. The molecule has 0 radical (unpaired) electrons. The topological polar surface area (TPSA) is 61.8 Å². The highest BCUT2D eigenvalue weighted by Gasteiger charge is 2.17. The molecule has 0 bridgehead atoms. The van der Waals surface area contributed by atoms with Crippen LogP contribution in [0.25, 0.3) is 0 Å². The molecular weight excluding hydrogens is 813 g/mol. The zero-order valence-corrected chi connectivity index (χ0v) is 43.7. The SMILES string of the molecule is CC/C=C\C/C=C\C/C=C\CCCCCC(=O)OC(COCCCCCCCCCC/C=C\CCCCCCCC)COC(=O)CCCCCCCC/C=C\C/C=C\C/C=C\CCCCC. The van der Waals surface area contributed by atoms with Crippen molar-refractivity contribution in [2.75, 3.05) is 19.8 Å². The zero-order chi connectivity index (χ0) is 47.7. The summed E-state index contributed by atoms with van der Waals surface area (Å²) in [6, 6.07) is 0. The van der Waals surface area contributed by atoms with E-state index in [1.54, 1.807) is 0 Å². The van der Waals surface area contributed by atoms with Crippen LogP contribution in [0.3, 0.4) is 0 Å². The van der Waals surface area contributed by atoms with Crippen LogP contribution in [0.4, 0.5) is 0 Å². The Kier molecular flexibility index (Phi) is 53.9. The molecule has 0 aliphatic rings. The van der Waals surface area contributed by atoms with Crippen LogP contribution in [0.2, 0.25) is 0 Å². The van der Waals surface area contributed by atoms with E-state index >= 15 is 0 Å². The monoisotopic (exact) mass is 919 g/mol. The van der Waals surface area contributed by atoms with E-state index in [1.165, 1.54) is 135 Å². The van der Waals surface area contributed by atoms with E-state index in [0.29, 0.717) is 19.4 Å². The van der Waals surface area contributed by atoms with Crippen molar-refractivity contribution in [3.05, 3.63) is 85.1 Å². The van der Waals surface area contributed by atoms with Crippen LogP contribution in [0.15, 0.2) is 85.1 Å². The number of rotatable bonds is 51. The highest BCUT2D eigenvalue weighted by molar-refractivity contribution is 5.70. The van der Waals surface area contributed by atoms with Crippen LogP contribution >= 0.6 is 0 Å². The molecule has 0 aromatic carbocycles. The summed E-state index contributed by atoms with van der Waals surface area (Å²) in [5.41, 5.74) is 0. The Morgan fingerprint density at radius 1 is 0.348 bits per heavy atom. The van der Waals surface area contributed by atoms with Gasteiger partial charge in [0.25, 0.3) is 0 Å². The first-order chi connectivity index (χ1) is 32.6. The molecule has 1 unspecified atom stereocenters. The molecule has 0 N–H and O–H groups in total. The first-order valence-corrected chi connectivity index (χ1v) is 28.1. The molecule has 0 saturated carbocycles. The van der Waals surface area contributed by atoms with Crippen LogP contribution in [-0.2, 0) is 23.8 Å². The molecule has 0 saturated heterocycles. The standard InChI is InChI=1S/C61H106O5/c1-4-7-10-13-16-19-22-25-27-29-31-32-34-37-39-42-45-48-51-54-60(62)65-58-59(66-61(63)55-52-49-46-43-40-36-24-21-18-15-12-9-6-3)57-64-56-53-50-47-44-41-38-35-33-30-28-26-23-20-17-14-11-8-5-2/h9,12,16,18-19,21,25-28,31-32,36,40,59H,4-8,10-11,13-15,17,20,22-24,29-30,33-35,37-39,41-58H2,1-3H3/b12-9-,19-16-,21-18-,27-25-,28-26-,32-31-,40-36-. The summed E-state index contributed by atoms with van der Waals surface area (Å²) in [5, 5.41) is 0. The summed E-state index contributed by atoms with van der Waals surface area (Å²) in [4.78, 5) is 25.5. The third-order valence-corrected chi connectivity index (χ3v) is 11.9. The van der Waals surface area contributed by atoms with Crippen molar-refractivity contribution in [2.45, 2.75) is 271 Å². The summed E-state index contributed by atoms with van der Waals surface area (Å²) in [7, 11) is 0. The van der Waals surface area contributed by atoms with Gasteiger partial charge in [-0.05, 0) is 116 Å². The average molecular weight is 920 g/mol. The minimum absolute atomic E-state index is 0.0626. The molecule has 5 heteroatoms.